The monoisotopic (exact) mass is 354 g/mol. The van der Waals surface area contributed by atoms with Crippen molar-refractivity contribution in [1.29, 1.82) is 0 Å². The molecule has 3 N–H and O–H groups in total. The lowest BCUT2D eigenvalue weighted by atomic mass is 10.2. The second-order valence-corrected chi connectivity index (χ2v) is 5.95. The Balaban J connectivity index is 1.62. The number of anilines is 1. The molecule has 132 valence electrons. The number of aryl methyl sites for hydroxylation is 1. The van der Waals surface area contributed by atoms with E-state index in [0.29, 0.717) is 17.1 Å². The molecule has 3 heterocycles. The van der Waals surface area contributed by atoms with Crippen molar-refractivity contribution in [2.45, 2.75) is 25.6 Å². The summed E-state index contributed by atoms with van der Waals surface area (Å²) in [6.45, 7) is 1.66. The summed E-state index contributed by atoms with van der Waals surface area (Å²) in [6, 6.07) is 2.70. The molecule has 1 amide bonds. The number of nitrogens with two attached hydrogens (primary N) is 1. The fourth-order valence-corrected chi connectivity index (χ4v) is 3.01. The minimum absolute atomic E-state index is 0.0746. The van der Waals surface area contributed by atoms with Gasteiger partial charge in [0.05, 0.1) is 17.6 Å². The average Bonchev–Trinajstić information content (AvgIpc) is 3.25. The molecule has 0 radical (unpaired) electrons. The van der Waals surface area contributed by atoms with E-state index in [2.05, 4.69) is 25.3 Å². The Morgan fingerprint density at radius 3 is 2.96 bits per heavy atom. The van der Waals surface area contributed by atoms with Crippen molar-refractivity contribution >= 4 is 11.7 Å². The minimum atomic E-state index is -1.26. The molecule has 2 atom stereocenters. The third kappa shape index (κ3) is 2.67. The van der Waals surface area contributed by atoms with Crippen molar-refractivity contribution in [3.8, 4) is 11.6 Å². The SMILES string of the molecule is Cc1nc(C(=O)NC2c3ncccc3CC2F)c(N)nc1-c1ncco1. The second-order valence-electron chi connectivity index (χ2n) is 5.95. The lowest BCUT2D eigenvalue weighted by molar-refractivity contribution is 0.0909. The molecule has 0 bridgehead atoms. The minimum Gasteiger partial charge on any atom is -0.443 e. The van der Waals surface area contributed by atoms with E-state index in [1.54, 1.807) is 25.3 Å². The number of carbonyl (C=O) groups excluding carboxylic acids is 1. The Labute approximate surface area is 147 Å². The van der Waals surface area contributed by atoms with Crippen LogP contribution < -0.4 is 11.1 Å². The van der Waals surface area contributed by atoms with E-state index in [1.165, 1.54) is 12.5 Å². The van der Waals surface area contributed by atoms with Gasteiger partial charge in [0.1, 0.15) is 24.2 Å². The normalized spacial score (nSPS) is 18.5. The third-order valence-corrected chi connectivity index (χ3v) is 4.23. The van der Waals surface area contributed by atoms with E-state index in [0.717, 1.165) is 5.56 Å². The van der Waals surface area contributed by atoms with Crippen molar-refractivity contribution in [3.63, 3.8) is 0 Å². The van der Waals surface area contributed by atoms with Gasteiger partial charge in [-0.3, -0.25) is 9.78 Å². The molecule has 4 rings (SSSR count). The van der Waals surface area contributed by atoms with Crippen molar-refractivity contribution in [3.05, 3.63) is 53.4 Å². The first-order valence-electron chi connectivity index (χ1n) is 7.97. The molecule has 0 fully saturated rings. The van der Waals surface area contributed by atoms with Crippen LogP contribution in [-0.4, -0.2) is 32.0 Å². The van der Waals surface area contributed by atoms with Crippen LogP contribution in [0.2, 0.25) is 0 Å². The van der Waals surface area contributed by atoms with Crippen molar-refractivity contribution < 1.29 is 13.6 Å². The highest BCUT2D eigenvalue weighted by atomic mass is 19.1. The summed E-state index contributed by atoms with van der Waals surface area (Å²) in [5.74, 6) is -0.439. The zero-order valence-electron chi connectivity index (χ0n) is 13.8. The average molecular weight is 354 g/mol. The predicted octanol–water partition coefficient (Wildman–Crippen LogP) is 1.78. The lowest BCUT2D eigenvalue weighted by Gasteiger charge is -2.16. The highest BCUT2D eigenvalue weighted by Crippen LogP contribution is 2.32. The zero-order valence-corrected chi connectivity index (χ0v) is 13.8. The van der Waals surface area contributed by atoms with Crippen LogP contribution >= 0.6 is 0 Å². The van der Waals surface area contributed by atoms with E-state index >= 15 is 0 Å². The van der Waals surface area contributed by atoms with Gasteiger partial charge in [0.25, 0.3) is 5.91 Å². The van der Waals surface area contributed by atoms with Gasteiger partial charge in [-0.25, -0.2) is 19.3 Å². The Bertz CT molecular complexity index is 975. The van der Waals surface area contributed by atoms with E-state index in [-0.39, 0.29) is 23.8 Å². The lowest BCUT2D eigenvalue weighted by Crippen LogP contribution is -2.34. The molecule has 0 aromatic carbocycles. The van der Waals surface area contributed by atoms with Gasteiger partial charge >= 0.3 is 0 Å². The molecule has 0 saturated carbocycles. The van der Waals surface area contributed by atoms with Crippen LogP contribution in [0.1, 0.15) is 33.5 Å². The molecule has 0 saturated heterocycles. The number of nitrogens with one attached hydrogen (secondary N) is 1. The number of hydrogen-bond donors (Lipinski definition) is 2. The van der Waals surface area contributed by atoms with Crippen molar-refractivity contribution in [2.75, 3.05) is 5.73 Å². The molecule has 1 aliphatic rings. The van der Waals surface area contributed by atoms with Crippen LogP contribution in [0, 0.1) is 6.92 Å². The number of pyridine rings is 1. The van der Waals surface area contributed by atoms with Crippen molar-refractivity contribution in [1.82, 2.24) is 25.3 Å². The number of hydrogen-bond acceptors (Lipinski definition) is 7. The van der Waals surface area contributed by atoms with Gasteiger partial charge in [-0.2, -0.15) is 0 Å². The first-order chi connectivity index (χ1) is 12.5. The van der Waals surface area contributed by atoms with E-state index < -0.39 is 18.1 Å². The van der Waals surface area contributed by atoms with Gasteiger partial charge < -0.3 is 15.5 Å². The Kier molecular flexibility index (Phi) is 3.83. The molecule has 0 aliphatic heterocycles. The predicted molar refractivity (Wildman–Crippen MR) is 89.7 cm³/mol. The maximum Gasteiger partial charge on any atom is 0.274 e. The third-order valence-electron chi connectivity index (χ3n) is 4.23. The van der Waals surface area contributed by atoms with Crippen LogP contribution in [0.25, 0.3) is 11.6 Å². The maximum atomic E-state index is 14.3. The molecule has 3 aromatic heterocycles. The standard InChI is InChI=1S/C17H15FN6O2/c1-8-11(17-21-5-6-26-17)23-15(19)14(22-8)16(25)24-13-10(18)7-9-3-2-4-20-12(9)13/h2-6,10,13H,7H2,1H3,(H2,19,23)(H,24,25). The molecular weight excluding hydrogens is 339 g/mol. The number of alkyl halides is 1. The molecule has 26 heavy (non-hydrogen) atoms. The number of fused-ring (bicyclic) bond motifs is 1. The zero-order chi connectivity index (χ0) is 18.3. The summed E-state index contributed by atoms with van der Waals surface area (Å²) in [7, 11) is 0. The summed E-state index contributed by atoms with van der Waals surface area (Å²) in [6.07, 6.45) is 3.39. The number of oxazole rings is 1. The Hall–Kier alpha value is -3.36. The second kappa shape index (κ2) is 6.17. The number of rotatable bonds is 3. The highest BCUT2D eigenvalue weighted by molar-refractivity contribution is 5.97. The van der Waals surface area contributed by atoms with Crippen LogP contribution in [0.15, 0.2) is 35.2 Å². The molecule has 9 heteroatoms. The summed E-state index contributed by atoms with van der Waals surface area (Å²) in [4.78, 5) is 29.2. The van der Waals surface area contributed by atoms with E-state index in [1.807, 2.05) is 0 Å². The first kappa shape index (κ1) is 16.1. The fraction of sp³-hybridized carbons (Fsp3) is 0.235. The van der Waals surface area contributed by atoms with Gasteiger partial charge in [-0.1, -0.05) is 6.07 Å². The molecule has 2 unspecified atom stereocenters. The summed E-state index contributed by atoms with van der Waals surface area (Å²) in [5.41, 5.74) is 7.88. The van der Waals surface area contributed by atoms with E-state index in [4.69, 9.17) is 10.2 Å². The summed E-state index contributed by atoms with van der Waals surface area (Å²) >= 11 is 0. The molecular formula is C17H15FN6O2. The van der Waals surface area contributed by atoms with Crippen LogP contribution in [0.5, 0.6) is 0 Å². The van der Waals surface area contributed by atoms with Gasteiger partial charge in [-0.15, -0.1) is 0 Å². The molecule has 0 spiro atoms. The van der Waals surface area contributed by atoms with Gasteiger partial charge in [0.15, 0.2) is 11.5 Å². The first-order valence-corrected chi connectivity index (χ1v) is 7.97. The van der Waals surface area contributed by atoms with Crippen LogP contribution in [0.4, 0.5) is 10.2 Å². The van der Waals surface area contributed by atoms with Gasteiger partial charge in [-0.05, 0) is 18.6 Å². The molecule has 8 nitrogen and oxygen atoms in total. The Morgan fingerprint density at radius 2 is 2.19 bits per heavy atom. The topological polar surface area (TPSA) is 120 Å². The van der Waals surface area contributed by atoms with E-state index in [9.17, 15) is 9.18 Å². The number of nitrogens with zero attached hydrogens (tertiary/aromatic N) is 4. The van der Waals surface area contributed by atoms with Gasteiger partial charge in [0.2, 0.25) is 5.89 Å². The highest BCUT2D eigenvalue weighted by Gasteiger charge is 2.35. The summed E-state index contributed by atoms with van der Waals surface area (Å²) < 4.78 is 19.5. The van der Waals surface area contributed by atoms with Crippen LogP contribution in [-0.2, 0) is 6.42 Å². The summed E-state index contributed by atoms with van der Waals surface area (Å²) in [5, 5.41) is 2.63. The largest absolute Gasteiger partial charge is 0.443 e. The fourth-order valence-electron chi connectivity index (χ4n) is 3.01. The van der Waals surface area contributed by atoms with Crippen LogP contribution in [0.3, 0.4) is 0 Å². The smallest absolute Gasteiger partial charge is 0.274 e. The number of carbonyl (C=O) groups is 1. The molecule has 1 aliphatic carbocycles. The number of amides is 1. The maximum absolute atomic E-state index is 14.3. The van der Waals surface area contributed by atoms with Crippen molar-refractivity contribution in [2.24, 2.45) is 0 Å². The quantitative estimate of drug-likeness (QED) is 0.735. The Morgan fingerprint density at radius 1 is 1.35 bits per heavy atom. The number of nitrogen functional groups attached to an aromatic ring is 1. The molecule has 3 aromatic rings. The number of halogens is 1. The number of aromatic nitrogens is 4. The van der Waals surface area contributed by atoms with Gasteiger partial charge in [0, 0.05) is 12.6 Å².